The molecule has 1 aliphatic rings. The van der Waals surface area contributed by atoms with Crippen LogP contribution in [0.15, 0.2) is 35.4 Å². The van der Waals surface area contributed by atoms with Crippen LogP contribution in [0, 0.1) is 0 Å². The molecule has 0 N–H and O–H groups in total. The summed E-state index contributed by atoms with van der Waals surface area (Å²) in [5, 5.41) is 5.34. The number of rotatable bonds is 2. The van der Waals surface area contributed by atoms with Crippen molar-refractivity contribution in [1.82, 2.24) is 5.01 Å². The summed E-state index contributed by atoms with van der Waals surface area (Å²) in [7, 11) is 1.31. The van der Waals surface area contributed by atoms with E-state index in [2.05, 4.69) is 5.10 Å². The van der Waals surface area contributed by atoms with E-state index in [1.165, 1.54) is 19.0 Å². The van der Waals surface area contributed by atoms with Crippen LogP contribution in [0.2, 0.25) is 0 Å². The predicted molar refractivity (Wildman–Crippen MR) is 66.0 cm³/mol. The molecule has 1 amide bonds. The van der Waals surface area contributed by atoms with Gasteiger partial charge < -0.3 is 4.74 Å². The molecule has 0 spiro atoms. The van der Waals surface area contributed by atoms with E-state index >= 15 is 0 Å². The second-order valence-electron chi connectivity index (χ2n) is 4.04. The Bertz CT molecular complexity index is 496. The highest BCUT2D eigenvalue weighted by molar-refractivity contribution is 6.39. The molecule has 94 valence electrons. The quantitative estimate of drug-likeness (QED) is 0.736. The van der Waals surface area contributed by atoms with Crippen LogP contribution in [0.1, 0.15) is 18.4 Å². The fourth-order valence-electron chi connectivity index (χ4n) is 1.94. The van der Waals surface area contributed by atoms with Gasteiger partial charge in [-0.05, 0) is 5.56 Å². The number of hydrogen-bond donors (Lipinski definition) is 0. The van der Waals surface area contributed by atoms with Crippen LogP contribution >= 0.6 is 0 Å². The van der Waals surface area contributed by atoms with Gasteiger partial charge >= 0.3 is 5.97 Å². The number of amides is 1. The zero-order valence-electron chi connectivity index (χ0n) is 10.3. The van der Waals surface area contributed by atoms with Gasteiger partial charge in [-0.3, -0.25) is 4.79 Å². The Morgan fingerprint density at radius 2 is 2.00 bits per heavy atom. The van der Waals surface area contributed by atoms with Crippen molar-refractivity contribution in [2.45, 2.75) is 12.8 Å². The molecule has 5 heteroatoms. The highest BCUT2D eigenvalue weighted by Crippen LogP contribution is 2.25. The molecular formula is C13H14N2O3. The highest BCUT2D eigenvalue weighted by Gasteiger charge is 2.34. The van der Waals surface area contributed by atoms with Gasteiger partial charge in [-0.1, -0.05) is 30.3 Å². The van der Waals surface area contributed by atoms with Crippen molar-refractivity contribution in [3.8, 4) is 0 Å². The maximum absolute atomic E-state index is 11.7. The van der Waals surface area contributed by atoms with Gasteiger partial charge in [0.15, 0.2) is 5.71 Å². The molecule has 1 heterocycles. The van der Waals surface area contributed by atoms with E-state index in [9.17, 15) is 9.59 Å². The van der Waals surface area contributed by atoms with Gasteiger partial charge in [0, 0.05) is 6.92 Å². The second-order valence-corrected chi connectivity index (χ2v) is 4.04. The van der Waals surface area contributed by atoms with E-state index in [1.54, 1.807) is 0 Å². The molecule has 0 aliphatic carbocycles. The molecule has 0 fully saturated rings. The molecule has 0 unspecified atom stereocenters. The third-order valence-corrected chi connectivity index (χ3v) is 2.87. The Balaban J connectivity index is 2.33. The van der Waals surface area contributed by atoms with E-state index in [0.717, 1.165) is 5.56 Å². The van der Waals surface area contributed by atoms with E-state index < -0.39 is 5.97 Å². The first-order valence-corrected chi connectivity index (χ1v) is 5.63. The molecular weight excluding hydrogens is 232 g/mol. The standard InChI is InChI=1S/C13H14N2O3/c1-9(16)15-8-11(10-6-4-3-5-7-10)12(14-15)13(17)18-2/h3-7,11H,8H2,1-2H3/t11-/m1/s1. The number of hydrogen-bond acceptors (Lipinski definition) is 4. The molecule has 2 rings (SSSR count). The van der Waals surface area contributed by atoms with Crippen LogP contribution in [-0.4, -0.2) is 36.3 Å². The Kier molecular flexibility index (Phi) is 3.41. The van der Waals surface area contributed by atoms with Gasteiger partial charge in [0.25, 0.3) is 0 Å². The molecule has 0 saturated heterocycles. The summed E-state index contributed by atoms with van der Waals surface area (Å²) in [4.78, 5) is 23.0. The van der Waals surface area contributed by atoms with Crippen molar-refractivity contribution in [1.29, 1.82) is 0 Å². The molecule has 0 aromatic heterocycles. The molecule has 1 aromatic rings. The minimum Gasteiger partial charge on any atom is -0.464 e. The molecule has 1 aliphatic heterocycles. The number of carbonyl (C=O) groups is 2. The number of nitrogens with zero attached hydrogens (tertiary/aromatic N) is 2. The summed E-state index contributed by atoms with van der Waals surface area (Å²) in [5.74, 6) is -0.898. The summed E-state index contributed by atoms with van der Waals surface area (Å²) in [6, 6.07) is 9.50. The summed E-state index contributed by atoms with van der Waals surface area (Å²) >= 11 is 0. The fourth-order valence-corrected chi connectivity index (χ4v) is 1.94. The number of benzene rings is 1. The second kappa shape index (κ2) is 5.00. The van der Waals surface area contributed by atoms with Crippen molar-refractivity contribution < 1.29 is 14.3 Å². The lowest BCUT2D eigenvalue weighted by Crippen LogP contribution is -2.24. The summed E-state index contributed by atoms with van der Waals surface area (Å²) < 4.78 is 4.71. The Labute approximate surface area is 105 Å². The minimum absolute atomic E-state index is 0.185. The molecule has 1 atom stereocenters. The van der Waals surface area contributed by atoms with E-state index in [-0.39, 0.29) is 17.5 Å². The summed E-state index contributed by atoms with van der Waals surface area (Å²) in [6.45, 7) is 1.80. The summed E-state index contributed by atoms with van der Waals surface area (Å²) in [6.07, 6.45) is 0. The van der Waals surface area contributed by atoms with Crippen molar-refractivity contribution in [2.24, 2.45) is 5.10 Å². The lowest BCUT2D eigenvalue weighted by atomic mass is 9.95. The third-order valence-electron chi connectivity index (χ3n) is 2.87. The smallest absolute Gasteiger partial charge is 0.354 e. The van der Waals surface area contributed by atoms with Crippen LogP contribution in [0.5, 0.6) is 0 Å². The molecule has 0 bridgehead atoms. The number of hydrazone groups is 1. The van der Waals surface area contributed by atoms with E-state index in [0.29, 0.717) is 6.54 Å². The highest BCUT2D eigenvalue weighted by atomic mass is 16.5. The minimum atomic E-state index is -0.493. The lowest BCUT2D eigenvalue weighted by molar-refractivity contribution is -0.132. The Morgan fingerprint density at radius 1 is 1.33 bits per heavy atom. The van der Waals surface area contributed by atoms with Crippen molar-refractivity contribution >= 4 is 17.6 Å². The first-order valence-electron chi connectivity index (χ1n) is 5.63. The van der Waals surface area contributed by atoms with Crippen LogP contribution in [0.3, 0.4) is 0 Å². The Morgan fingerprint density at radius 3 is 2.56 bits per heavy atom. The first-order chi connectivity index (χ1) is 8.63. The van der Waals surface area contributed by atoms with Crippen molar-refractivity contribution in [2.75, 3.05) is 13.7 Å². The van der Waals surface area contributed by atoms with Gasteiger partial charge in [-0.2, -0.15) is 5.10 Å². The molecule has 1 aromatic carbocycles. The van der Waals surface area contributed by atoms with Crippen molar-refractivity contribution in [3.05, 3.63) is 35.9 Å². The molecule has 0 saturated carbocycles. The number of esters is 1. The number of methoxy groups -OCH3 is 1. The van der Waals surface area contributed by atoms with Gasteiger partial charge in [-0.15, -0.1) is 0 Å². The third kappa shape index (κ3) is 2.25. The number of ether oxygens (including phenoxy) is 1. The summed E-state index contributed by atoms with van der Waals surface area (Å²) in [5.41, 5.74) is 1.23. The van der Waals surface area contributed by atoms with Crippen LogP contribution < -0.4 is 0 Å². The largest absolute Gasteiger partial charge is 0.464 e. The van der Waals surface area contributed by atoms with Crippen molar-refractivity contribution in [3.63, 3.8) is 0 Å². The van der Waals surface area contributed by atoms with E-state index in [4.69, 9.17) is 4.74 Å². The zero-order valence-corrected chi connectivity index (χ0v) is 10.3. The normalized spacial score (nSPS) is 18.4. The molecule has 0 radical (unpaired) electrons. The topological polar surface area (TPSA) is 59.0 Å². The number of carbonyl (C=O) groups excluding carboxylic acids is 2. The molecule has 18 heavy (non-hydrogen) atoms. The maximum Gasteiger partial charge on any atom is 0.354 e. The van der Waals surface area contributed by atoms with Gasteiger partial charge in [-0.25, -0.2) is 9.80 Å². The van der Waals surface area contributed by atoms with Gasteiger partial charge in [0.2, 0.25) is 5.91 Å². The first kappa shape index (κ1) is 12.3. The molecule has 5 nitrogen and oxygen atoms in total. The lowest BCUT2D eigenvalue weighted by Gasteiger charge is -2.12. The van der Waals surface area contributed by atoms with E-state index in [1.807, 2.05) is 30.3 Å². The average molecular weight is 246 g/mol. The van der Waals surface area contributed by atoms with Crippen LogP contribution in [0.25, 0.3) is 0 Å². The average Bonchev–Trinajstić information content (AvgIpc) is 2.84. The van der Waals surface area contributed by atoms with Crippen LogP contribution in [-0.2, 0) is 14.3 Å². The predicted octanol–water partition coefficient (Wildman–Crippen LogP) is 1.16. The fraction of sp³-hybridized carbons (Fsp3) is 0.308. The monoisotopic (exact) mass is 246 g/mol. The van der Waals surface area contributed by atoms with Gasteiger partial charge in [0.1, 0.15) is 0 Å². The Hall–Kier alpha value is -2.17. The van der Waals surface area contributed by atoms with Gasteiger partial charge in [0.05, 0.1) is 19.6 Å². The zero-order chi connectivity index (χ0) is 13.1. The SMILES string of the molecule is COC(=O)C1=NN(C(C)=O)C[C@@H]1c1ccccc1. The maximum atomic E-state index is 11.7. The van der Waals surface area contributed by atoms with Crippen LogP contribution in [0.4, 0.5) is 0 Å².